The lowest BCUT2D eigenvalue weighted by atomic mass is 10.2. The Morgan fingerprint density at radius 1 is 1.50 bits per heavy atom. The molecule has 1 aliphatic rings. The van der Waals surface area contributed by atoms with Gasteiger partial charge in [-0.15, -0.1) is 0 Å². The molecule has 0 aliphatic carbocycles. The minimum Gasteiger partial charge on any atom is -0.497 e. The zero-order chi connectivity index (χ0) is 12.7. The summed E-state index contributed by atoms with van der Waals surface area (Å²) in [5.41, 5.74) is 3.27. The number of ether oxygens (including phenoxy) is 1. The number of nitrogens with zero attached hydrogens (tertiary/aromatic N) is 2. The molecule has 0 radical (unpaired) electrons. The molecule has 0 unspecified atom stereocenters. The summed E-state index contributed by atoms with van der Waals surface area (Å²) in [6, 6.07) is 6.22. The van der Waals surface area contributed by atoms with Crippen molar-refractivity contribution in [3.63, 3.8) is 0 Å². The lowest BCUT2D eigenvalue weighted by Gasteiger charge is -2.15. The van der Waals surface area contributed by atoms with Crippen LogP contribution in [0.3, 0.4) is 0 Å². The molecule has 4 nitrogen and oxygen atoms in total. The van der Waals surface area contributed by atoms with Gasteiger partial charge in [0.1, 0.15) is 11.6 Å². The maximum absolute atomic E-state index is 5.22. The molecule has 1 aromatic heterocycles. The number of aromatic nitrogens is 2. The number of imidazole rings is 1. The second-order valence-corrected chi connectivity index (χ2v) is 4.89. The van der Waals surface area contributed by atoms with Gasteiger partial charge in [0.05, 0.1) is 24.2 Å². The number of benzene rings is 1. The lowest BCUT2D eigenvalue weighted by molar-refractivity contribution is 0.309. The Kier molecular flexibility index (Phi) is 2.59. The Hall–Kier alpha value is -1.81. The van der Waals surface area contributed by atoms with Crippen LogP contribution in [0.2, 0.25) is 0 Å². The minimum absolute atomic E-state index is 0.316. The molecule has 1 N–H and O–H groups in total. The van der Waals surface area contributed by atoms with Crippen molar-refractivity contribution in [2.75, 3.05) is 20.7 Å². The Balaban J connectivity index is 2.00. The fourth-order valence-corrected chi connectivity index (χ4v) is 2.56. The third-order valence-corrected chi connectivity index (χ3v) is 3.51. The van der Waals surface area contributed by atoms with E-state index in [1.807, 2.05) is 18.2 Å². The molecule has 1 aromatic carbocycles. The molecule has 3 rings (SSSR count). The predicted octanol–water partition coefficient (Wildman–Crippen LogP) is 2.50. The first kappa shape index (κ1) is 11.3. The maximum Gasteiger partial charge on any atom is 0.125 e. The van der Waals surface area contributed by atoms with Gasteiger partial charge < -0.3 is 9.72 Å². The fourth-order valence-electron chi connectivity index (χ4n) is 2.56. The zero-order valence-corrected chi connectivity index (χ0v) is 10.7. The van der Waals surface area contributed by atoms with E-state index < -0.39 is 0 Å². The Labute approximate surface area is 106 Å². The molecule has 2 aromatic rings. The summed E-state index contributed by atoms with van der Waals surface area (Å²) >= 11 is 0. The summed E-state index contributed by atoms with van der Waals surface area (Å²) in [5, 5.41) is 0. The van der Waals surface area contributed by atoms with Crippen LogP contribution >= 0.6 is 0 Å². The number of fused-ring (bicyclic) bond motifs is 1. The number of rotatable bonds is 2. The number of methoxy groups -OCH3 is 1. The van der Waals surface area contributed by atoms with E-state index in [4.69, 9.17) is 4.74 Å². The van der Waals surface area contributed by atoms with Gasteiger partial charge in [-0.25, -0.2) is 4.98 Å². The van der Waals surface area contributed by atoms with E-state index in [9.17, 15) is 0 Å². The molecule has 0 spiro atoms. The van der Waals surface area contributed by atoms with Crippen LogP contribution in [0.1, 0.15) is 18.3 Å². The predicted molar refractivity (Wildman–Crippen MR) is 71.8 cm³/mol. The quantitative estimate of drug-likeness (QED) is 0.824. The van der Waals surface area contributed by atoms with Crippen LogP contribution in [-0.4, -0.2) is 35.6 Å². The summed E-state index contributed by atoms with van der Waals surface area (Å²) < 4.78 is 5.22. The number of aromatic amines is 1. The average molecular weight is 243 g/mol. The van der Waals surface area contributed by atoms with Gasteiger partial charge in [-0.05, 0) is 25.6 Å². The van der Waals surface area contributed by atoms with Crippen LogP contribution in [0.25, 0.3) is 11.0 Å². The highest BCUT2D eigenvalue weighted by Crippen LogP contribution is 2.32. The first-order valence-corrected chi connectivity index (χ1v) is 6.08. The first-order valence-electron chi connectivity index (χ1n) is 6.08. The summed E-state index contributed by atoms with van der Waals surface area (Å²) in [6.07, 6.45) is 0.980. The monoisotopic (exact) mass is 243 g/mol. The number of likely N-dealkylation sites (tertiary alicyclic amines) is 1. The number of hydrogen-bond donors (Lipinski definition) is 1. The van der Waals surface area contributed by atoms with Gasteiger partial charge in [0.2, 0.25) is 0 Å². The zero-order valence-electron chi connectivity index (χ0n) is 10.7. The Morgan fingerprint density at radius 2 is 2.33 bits per heavy atom. The highest BCUT2D eigenvalue weighted by Gasteiger charge is 2.27. The van der Waals surface area contributed by atoms with Crippen molar-refractivity contribution in [2.45, 2.75) is 12.5 Å². The Morgan fingerprint density at radius 3 is 3.00 bits per heavy atom. The van der Waals surface area contributed by atoms with E-state index in [1.54, 1.807) is 7.11 Å². The summed E-state index contributed by atoms with van der Waals surface area (Å²) in [6.45, 7) is 5.01. The summed E-state index contributed by atoms with van der Waals surface area (Å²) in [7, 11) is 3.78. The minimum atomic E-state index is 0.316. The van der Waals surface area contributed by atoms with Crippen LogP contribution in [-0.2, 0) is 0 Å². The summed E-state index contributed by atoms with van der Waals surface area (Å²) in [4.78, 5) is 10.3. The molecule has 0 bridgehead atoms. The van der Waals surface area contributed by atoms with Crippen LogP contribution in [0.4, 0.5) is 0 Å². The molecule has 4 heteroatoms. The van der Waals surface area contributed by atoms with Gasteiger partial charge in [-0.3, -0.25) is 4.90 Å². The van der Waals surface area contributed by atoms with Crippen LogP contribution in [0, 0.1) is 0 Å². The largest absolute Gasteiger partial charge is 0.497 e. The van der Waals surface area contributed by atoms with Crippen molar-refractivity contribution >= 4 is 11.0 Å². The van der Waals surface area contributed by atoms with E-state index in [0.717, 1.165) is 35.6 Å². The van der Waals surface area contributed by atoms with Crippen molar-refractivity contribution in [3.05, 3.63) is 36.2 Å². The second kappa shape index (κ2) is 4.14. The van der Waals surface area contributed by atoms with Crippen LogP contribution in [0.15, 0.2) is 30.4 Å². The maximum atomic E-state index is 5.22. The van der Waals surface area contributed by atoms with Crippen LogP contribution in [0.5, 0.6) is 5.75 Å². The van der Waals surface area contributed by atoms with E-state index >= 15 is 0 Å². The van der Waals surface area contributed by atoms with Gasteiger partial charge >= 0.3 is 0 Å². The van der Waals surface area contributed by atoms with E-state index in [1.165, 1.54) is 5.57 Å². The lowest BCUT2D eigenvalue weighted by Crippen LogP contribution is -2.18. The van der Waals surface area contributed by atoms with Crippen molar-refractivity contribution in [1.82, 2.24) is 14.9 Å². The molecular formula is C14H17N3O. The third kappa shape index (κ3) is 1.78. The van der Waals surface area contributed by atoms with Crippen molar-refractivity contribution in [1.29, 1.82) is 0 Å². The van der Waals surface area contributed by atoms with Gasteiger partial charge in [-0.1, -0.05) is 12.2 Å². The van der Waals surface area contributed by atoms with Gasteiger partial charge in [0.15, 0.2) is 0 Å². The molecule has 1 saturated heterocycles. The van der Waals surface area contributed by atoms with Gasteiger partial charge in [-0.2, -0.15) is 0 Å². The first-order chi connectivity index (χ1) is 8.67. The highest BCUT2D eigenvalue weighted by molar-refractivity contribution is 5.76. The molecule has 94 valence electrons. The standard InChI is InChI=1S/C14H17N3O/c1-9-6-13(17(2)8-9)14-15-11-5-4-10(18-3)7-12(11)16-14/h4-5,7,13H,1,6,8H2,2-3H3,(H,15,16)/t13-/m0/s1. The van der Waals surface area contributed by atoms with Crippen LogP contribution < -0.4 is 4.74 Å². The number of nitrogens with one attached hydrogen (secondary N) is 1. The third-order valence-electron chi connectivity index (χ3n) is 3.51. The van der Waals surface area contributed by atoms with Crippen molar-refractivity contribution in [2.24, 2.45) is 0 Å². The molecule has 2 heterocycles. The van der Waals surface area contributed by atoms with E-state index in [-0.39, 0.29) is 0 Å². The highest BCUT2D eigenvalue weighted by atomic mass is 16.5. The normalized spacial score (nSPS) is 20.8. The number of H-pyrrole nitrogens is 1. The van der Waals surface area contributed by atoms with E-state index in [0.29, 0.717) is 6.04 Å². The van der Waals surface area contributed by atoms with E-state index in [2.05, 4.69) is 28.5 Å². The molecule has 0 amide bonds. The number of hydrogen-bond acceptors (Lipinski definition) is 3. The smallest absolute Gasteiger partial charge is 0.125 e. The average Bonchev–Trinajstić information content (AvgIpc) is 2.90. The molecule has 18 heavy (non-hydrogen) atoms. The molecule has 0 saturated carbocycles. The number of likely N-dealkylation sites (N-methyl/N-ethyl adjacent to an activating group) is 1. The SMILES string of the molecule is C=C1C[C@@H](c2nc3ccc(OC)cc3[nH]2)N(C)C1. The van der Waals surface area contributed by atoms with Crippen molar-refractivity contribution < 1.29 is 4.74 Å². The molecule has 1 aliphatic heterocycles. The fraction of sp³-hybridized carbons (Fsp3) is 0.357. The second-order valence-electron chi connectivity index (χ2n) is 4.89. The molecule has 1 atom stereocenters. The topological polar surface area (TPSA) is 41.1 Å². The molecular weight excluding hydrogens is 226 g/mol. The van der Waals surface area contributed by atoms with Gasteiger partial charge in [0, 0.05) is 12.6 Å². The summed E-state index contributed by atoms with van der Waals surface area (Å²) in [5.74, 6) is 1.86. The molecule has 1 fully saturated rings. The van der Waals surface area contributed by atoms with Gasteiger partial charge in [0.25, 0.3) is 0 Å². The Bertz CT molecular complexity index is 602. The van der Waals surface area contributed by atoms with Crippen molar-refractivity contribution in [3.8, 4) is 5.75 Å².